The number of amides is 3. The molecular formula is C19H30N4O2. The number of hydrogen-bond donors (Lipinski definition) is 2. The van der Waals surface area contributed by atoms with Gasteiger partial charge in [0, 0.05) is 31.4 Å². The van der Waals surface area contributed by atoms with Crippen LogP contribution in [-0.4, -0.2) is 60.5 Å². The highest BCUT2D eigenvalue weighted by Gasteiger charge is 2.25. The van der Waals surface area contributed by atoms with Crippen molar-refractivity contribution >= 4 is 17.6 Å². The number of likely N-dealkylation sites (N-methyl/N-ethyl adjacent to an activating group) is 1. The third-order valence-electron chi connectivity index (χ3n) is 4.73. The van der Waals surface area contributed by atoms with Gasteiger partial charge in [0.1, 0.15) is 0 Å². The summed E-state index contributed by atoms with van der Waals surface area (Å²) in [7, 11) is 0. The molecule has 0 radical (unpaired) electrons. The largest absolute Gasteiger partial charge is 0.342 e. The average molecular weight is 346 g/mol. The molecule has 25 heavy (non-hydrogen) atoms. The van der Waals surface area contributed by atoms with Gasteiger partial charge in [0.2, 0.25) is 5.91 Å². The Morgan fingerprint density at radius 2 is 1.88 bits per heavy atom. The fraction of sp³-hybridized carbons (Fsp3) is 0.579. The molecule has 6 heteroatoms. The molecule has 2 N–H and O–H groups in total. The highest BCUT2D eigenvalue weighted by atomic mass is 16.2. The molecule has 1 heterocycles. The number of hydrogen-bond acceptors (Lipinski definition) is 3. The number of para-hydroxylation sites is 1. The summed E-state index contributed by atoms with van der Waals surface area (Å²) in [5, 5.41) is 5.77. The number of carbonyl (C=O) groups is 2. The first-order chi connectivity index (χ1) is 12.1. The van der Waals surface area contributed by atoms with Crippen LogP contribution in [0.1, 0.15) is 33.1 Å². The molecule has 1 fully saturated rings. The maximum Gasteiger partial charge on any atom is 0.319 e. The molecule has 0 saturated carbocycles. The number of nitrogens with one attached hydrogen (secondary N) is 2. The van der Waals surface area contributed by atoms with Crippen molar-refractivity contribution in [3.05, 3.63) is 30.3 Å². The molecule has 138 valence electrons. The first kappa shape index (κ1) is 19.2. The Bertz CT molecular complexity index is 546. The second-order valence-electron chi connectivity index (χ2n) is 6.39. The van der Waals surface area contributed by atoms with E-state index in [1.54, 1.807) is 0 Å². The summed E-state index contributed by atoms with van der Waals surface area (Å²) in [6, 6.07) is 9.41. The van der Waals surface area contributed by atoms with Crippen LogP contribution in [0.25, 0.3) is 0 Å². The second-order valence-corrected chi connectivity index (χ2v) is 6.39. The highest BCUT2D eigenvalue weighted by molar-refractivity contribution is 5.89. The van der Waals surface area contributed by atoms with Gasteiger partial charge in [-0.25, -0.2) is 4.79 Å². The van der Waals surface area contributed by atoms with E-state index in [0.717, 1.165) is 44.6 Å². The molecule has 1 aliphatic rings. The molecule has 1 aromatic rings. The van der Waals surface area contributed by atoms with E-state index in [1.807, 2.05) is 49.1 Å². The Hall–Kier alpha value is -2.08. The van der Waals surface area contributed by atoms with E-state index < -0.39 is 0 Å². The van der Waals surface area contributed by atoms with Gasteiger partial charge in [-0.15, -0.1) is 0 Å². The minimum atomic E-state index is -0.202. The van der Waals surface area contributed by atoms with Crippen LogP contribution in [0.2, 0.25) is 0 Å². The Morgan fingerprint density at radius 3 is 2.56 bits per heavy atom. The molecule has 1 atom stereocenters. The lowest BCUT2D eigenvalue weighted by Gasteiger charge is -2.36. The van der Waals surface area contributed by atoms with Crippen molar-refractivity contribution in [2.45, 2.75) is 39.2 Å². The predicted molar refractivity (Wildman–Crippen MR) is 101 cm³/mol. The third kappa shape index (κ3) is 6.05. The van der Waals surface area contributed by atoms with Gasteiger partial charge < -0.3 is 15.5 Å². The SMILES string of the molecule is CCN(CC)C(=O)CN1CCCCC1CNC(=O)Nc1ccccc1. The first-order valence-corrected chi connectivity index (χ1v) is 9.25. The topological polar surface area (TPSA) is 64.7 Å². The number of carbonyl (C=O) groups excluding carboxylic acids is 2. The molecule has 3 amide bonds. The van der Waals surface area contributed by atoms with Gasteiger partial charge in [0.15, 0.2) is 0 Å². The Morgan fingerprint density at radius 1 is 1.16 bits per heavy atom. The van der Waals surface area contributed by atoms with Crippen LogP contribution in [0.4, 0.5) is 10.5 Å². The fourth-order valence-electron chi connectivity index (χ4n) is 3.26. The maximum atomic E-state index is 12.4. The molecule has 0 spiro atoms. The van der Waals surface area contributed by atoms with E-state index in [0.29, 0.717) is 13.1 Å². The molecular weight excluding hydrogens is 316 g/mol. The molecule has 1 saturated heterocycles. The molecule has 1 aromatic carbocycles. The quantitative estimate of drug-likeness (QED) is 0.797. The Kier molecular flexibility index (Phi) is 7.73. The molecule has 0 bridgehead atoms. The molecule has 6 nitrogen and oxygen atoms in total. The van der Waals surface area contributed by atoms with Gasteiger partial charge in [-0.2, -0.15) is 0 Å². The van der Waals surface area contributed by atoms with Crippen LogP contribution in [0.3, 0.4) is 0 Å². The first-order valence-electron chi connectivity index (χ1n) is 9.25. The molecule has 1 aliphatic heterocycles. The van der Waals surface area contributed by atoms with Crippen molar-refractivity contribution in [3.63, 3.8) is 0 Å². The summed E-state index contributed by atoms with van der Waals surface area (Å²) >= 11 is 0. The normalized spacial score (nSPS) is 17.8. The van der Waals surface area contributed by atoms with Crippen molar-refractivity contribution in [2.24, 2.45) is 0 Å². The zero-order valence-electron chi connectivity index (χ0n) is 15.3. The van der Waals surface area contributed by atoms with Gasteiger partial charge in [0.25, 0.3) is 0 Å². The van der Waals surface area contributed by atoms with E-state index in [9.17, 15) is 9.59 Å². The van der Waals surface area contributed by atoms with Gasteiger partial charge in [0.05, 0.1) is 6.54 Å². The van der Waals surface area contributed by atoms with Crippen LogP contribution in [0, 0.1) is 0 Å². The molecule has 0 aromatic heterocycles. The smallest absolute Gasteiger partial charge is 0.319 e. The average Bonchev–Trinajstić information content (AvgIpc) is 2.63. The fourth-order valence-corrected chi connectivity index (χ4v) is 3.26. The second kappa shape index (κ2) is 10.0. The van der Waals surface area contributed by atoms with Crippen molar-refractivity contribution in [3.8, 4) is 0 Å². The van der Waals surface area contributed by atoms with Crippen molar-refractivity contribution < 1.29 is 9.59 Å². The summed E-state index contributed by atoms with van der Waals surface area (Å²) in [6.45, 7) is 7.41. The third-order valence-corrected chi connectivity index (χ3v) is 4.73. The summed E-state index contributed by atoms with van der Waals surface area (Å²) in [5.74, 6) is 0.172. The standard InChI is InChI=1S/C19H30N4O2/c1-3-22(4-2)18(24)15-23-13-9-8-12-17(23)14-20-19(25)21-16-10-6-5-7-11-16/h5-7,10-11,17H,3-4,8-9,12-15H2,1-2H3,(H2,20,21,25). The lowest BCUT2D eigenvalue weighted by molar-refractivity contribution is -0.132. The summed E-state index contributed by atoms with van der Waals surface area (Å²) in [5.41, 5.74) is 0.775. The van der Waals surface area contributed by atoms with Crippen LogP contribution in [0.5, 0.6) is 0 Å². The lowest BCUT2D eigenvalue weighted by atomic mass is 10.0. The van der Waals surface area contributed by atoms with Gasteiger partial charge in [-0.1, -0.05) is 24.6 Å². The van der Waals surface area contributed by atoms with Crippen LogP contribution < -0.4 is 10.6 Å². The monoisotopic (exact) mass is 346 g/mol. The zero-order valence-corrected chi connectivity index (χ0v) is 15.3. The minimum absolute atomic E-state index is 0.172. The van der Waals surface area contributed by atoms with E-state index >= 15 is 0 Å². The van der Waals surface area contributed by atoms with Gasteiger partial charge >= 0.3 is 6.03 Å². The van der Waals surface area contributed by atoms with E-state index in [1.165, 1.54) is 0 Å². The highest BCUT2D eigenvalue weighted by Crippen LogP contribution is 2.16. The van der Waals surface area contributed by atoms with Crippen LogP contribution in [-0.2, 0) is 4.79 Å². The number of piperidine rings is 1. The molecule has 1 unspecified atom stereocenters. The van der Waals surface area contributed by atoms with Crippen LogP contribution >= 0.6 is 0 Å². The van der Waals surface area contributed by atoms with E-state index in [-0.39, 0.29) is 18.0 Å². The maximum absolute atomic E-state index is 12.4. The van der Waals surface area contributed by atoms with Gasteiger partial charge in [-0.3, -0.25) is 9.69 Å². The number of urea groups is 1. The van der Waals surface area contributed by atoms with Crippen molar-refractivity contribution in [1.82, 2.24) is 15.1 Å². The number of nitrogens with zero attached hydrogens (tertiary/aromatic N) is 2. The minimum Gasteiger partial charge on any atom is -0.342 e. The number of rotatable bonds is 7. The molecule has 2 rings (SSSR count). The summed E-state index contributed by atoms with van der Waals surface area (Å²) < 4.78 is 0. The Labute approximate surface area is 150 Å². The summed E-state index contributed by atoms with van der Waals surface area (Å²) in [4.78, 5) is 28.5. The van der Waals surface area contributed by atoms with Gasteiger partial charge in [-0.05, 0) is 45.4 Å². The number of likely N-dealkylation sites (tertiary alicyclic amines) is 1. The lowest BCUT2D eigenvalue weighted by Crippen LogP contribution is -2.51. The van der Waals surface area contributed by atoms with Crippen molar-refractivity contribution in [2.75, 3.05) is 38.0 Å². The van der Waals surface area contributed by atoms with Crippen LogP contribution in [0.15, 0.2) is 30.3 Å². The predicted octanol–water partition coefficient (Wildman–Crippen LogP) is 2.53. The number of anilines is 1. The van der Waals surface area contributed by atoms with Crippen molar-refractivity contribution in [1.29, 1.82) is 0 Å². The van der Waals surface area contributed by atoms with E-state index in [2.05, 4.69) is 15.5 Å². The zero-order chi connectivity index (χ0) is 18.1. The molecule has 0 aliphatic carbocycles. The summed E-state index contributed by atoms with van der Waals surface area (Å²) in [6.07, 6.45) is 3.26. The Balaban J connectivity index is 1.83. The number of benzene rings is 1. The van der Waals surface area contributed by atoms with E-state index in [4.69, 9.17) is 0 Å².